The van der Waals surface area contributed by atoms with E-state index in [-0.39, 0.29) is 6.10 Å². The van der Waals surface area contributed by atoms with Crippen LogP contribution >= 0.6 is 0 Å². The molecule has 0 fully saturated rings. The second-order valence-corrected chi connectivity index (χ2v) is 5.73. The van der Waals surface area contributed by atoms with Gasteiger partial charge >= 0.3 is 0 Å². The van der Waals surface area contributed by atoms with Gasteiger partial charge < -0.3 is 9.30 Å². The Kier molecular flexibility index (Phi) is 3.63. The fraction of sp³-hybridized carbons (Fsp3) is 0.158. The van der Waals surface area contributed by atoms with E-state index in [1.54, 1.807) is 19.6 Å². The first-order valence-corrected chi connectivity index (χ1v) is 7.85. The maximum absolute atomic E-state index is 5.39. The van der Waals surface area contributed by atoms with Gasteiger partial charge in [-0.3, -0.25) is 4.57 Å². The first kappa shape index (κ1) is 14.7. The molecule has 2 aromatic heterocycles. The minimum atomic E-state index is 0.0594. The number of ether oxygens (including phenoxy) is 1. The highest BCUT2D eigenvalue weighted by atomic mass is 16.5. The number of imidazole rings is 2. The smallest absolute Gasteiger partial charge is 0.100 e. The Morgan fingerprint density at radius 1 is 1.04 bits per heavy atom. The van der Waals surface area contributed by atoms with Gasteiger partial charge in [0.05, 0.1) is 23.5 Å². The Labute approximate surface area is 140 Å². The summed E-state index contributed by atoms with van der Waals surface area (Å²) in [7, 11) is 1.72. The number of hydrogen-bond donors (Lipinski definition) is 0. The summed E-state index contributed by atoms with van der Waals surface area (Å²) in [5.41, 5.74) is 5.30. The van der Waals surface area contributed by atoms with Gasteiger partial charge in [0.1, 0.15) is 6.33 Å². The summed E-state index contributed by atoms with van der Waals surface area (Å²) in [4.78, 5) is 8.66. The van der Waals surface area contributed by atoms with E-state index >= 15 is 0 Å². The van der Waals surface area contributed by atoms with Crippen molar-refractivity contribution in [2.75, 3.05) is 7.11 Å². The Morgan fingerprint density at radius 2 is 1.92 bits per heavy atom. The number of nitrogens with zero attached hydrogens (tertiary/aromatic N) is 4. The Balaban J connectivity index is 1.78. The highest BCUT2D eigenvalue weighted by Gasteiger charge is 2.09. The molecular formula is C19H18N4O. The Hall–Kier alpha value is -2.92. The number of fused-ring (bicyclic) bond motifs is 1. The highest BCUT2D eigenvalue weighted by Crippen LogP contribution is 2.24. The summed E-state index contributed by atoms with van der Waals surface area (Å²) in [6.07, 6.45) is 7.42. The summed E-state index contributed by atoms with van der Waals surface area (Å²) in [6.45, 7) is 2.03. The number of rotatable bonds is 4. The van der Waals surface area contributed by atoms with E-state index in [9.17, 15) is 0 Å². The molecule has 2 aromatic carbocycles. The zero-order valence-electron chi connectivity index (χ0n) is 13.6. The zero-order valence-corrected chi connectivity index (χ0v) is 13.6. The molecule has 24 heavy (non-hydrogen) atoms. The van der Waals surface area contributed by atoms with Gasteiger partial charge in [-0.2, -0.15) is 0 Å². The predicted octanol–water partition coefficient (Wildman–Crippen LogP) is 3.92. The van der Waals surface area contributed by atoms with Gasteiger partial charge in [-0.1, -0.05) is 12.1 Å². The molecule has 5 heteroatoms. The van der Waals surface area contributed by atoms with Crippen molar-refractivity contribution in [2.24, 2.45) is 0 Å². The van der Waals surface area contributed by atoms with Crippen LogP contribution in [0.4, 0.5) is 0 Å². The topological polar surface area (TPSA) is 44.9 Å². The van der Waals surface area contributed by atoms with Crippen LogP contribution in [0.15, 0.2) is 67.5 Å². The minimum absolute atomic E-state index is 0.0594. The van der Waals surface area contributed by atoms with Gasteiger partial charge in [0.15, 0.2) is 0 Å². The average molecular weight is 318 g/mol. The molecule has 4 aromatic rings. The monoisotopic (exact) mass is 318 g/mol. The van der Waals surface area contributed by atoms with E-state index in [4.69, 9.17) is 4.74 Å². The quantitative estimate of drug-likeness (QED) is 0.573. The molecule has 1 unspecified atom stereocenters. The van der Waals surface area contributed by atoms with E-state index < -0.39 is 0 Å². The molecule has 0 bridgehead atoms. The van der Waals surface area contributed by atoms with Crippen molar-refractivity contribution in [3.05, 3.63) is 73.1 Å². The molecule has 2 heterocycles. The molecule has 0 spiro atoms. The maximum Gasteiger partial charge on any atom is 0.100 e. The maximum atomic E-state index is 5.39. The number of aromatic nitrogens is 4. The predicted molar refractivity (Wildman–Crippen MR) is 93.6 cm³/mol. The van der Waals surface area contributed by atoms with E-state index in [1.165, 1.54) is 0 Å². The molecule has 0 amide bonds. The third kappa shape index (κ3) is 2.49. The van der Waals surface area contributed by atoms with Crippen molar-refractivity contribution in [1.29, 1.82) is 0 Å². The van der Waals surface area contributed by atoms with Gasteiger partial charge in [-0.05, 0) is 42.8 Å². The van der Waals surface area contributed by atoms with Crippen molar-refractivity contribution in [1.82, 2.24) is 19.1 Å². The normalized spacial score (nSPS) is 12.6. The molecule has 4 rings (SSSR count). The van der Waals surface area contributed by atoms with Crippen molar-refractivity contribution in [3.63, 3.8) is 0 Å². The SMILES string of the molecule is COC(C)c1ccc2c(c1)ncn2-c1cccc(-n2ccnc2)c1. The molecule has 5 nitrogen and oxygen atoms in total. The molecule has 0 saturated heterocycles. The van der Waals surface area contributed by atoms with Crippen molar-refractivity contribution in [3.8, 4) is 11.4 Å². The Bertz CT molecular complexity index is 972. The molecule has 0 N–H and O–H groups in total. The van der Waals surface area contributed by atoms with E-state index in [1.807, 2.05) is 30.1 Å². The van der Waals surface area contributed by atoms with Gasteiger partial charge in [0.2, 0.25) is 0 Å². The van der Waals surface area contributed by atoms with Gasteiger partial charge in [0.25, 0.3) is 0 Å². The summed E-state index contributed by atoms with van der Waals surface area (Å²) in [5.74, 6) is 0. The fourth-order valence-electron chi connectivity index (χ4n) is 2.84. The molecule has 0 radical (unpaired) electrons. The summed E-state index contributed by atoms with van der Waals surface area (Å²) in [5, 5.41) is 0. The van der Waals surface area contributed by atoms with Crippen LogP contribution in [0.2, 0.25) is 0 Å². The average Bonchev–Trinajstić information content (AvgIpc) is 3.30. The highest BCUT2D eigenvalue weighted by molar-refractivity contribution is 5.78. The van der Waals surface area contributed by atoms with E-state index in [2.05, 4.69) is 50.9 Å². The van der Waals surface area contributed by atoms with Crippen molar-refractivity contribution in [2.45, 2.75) is 13.0 Å². The van der Waals surface area contributed by atoms with E-state index in [0.29, 0.717) is 0 Å². The minimum Gasteiger partial charge on any atom is -0.377 e. The molecular weight excluding hydrogens is 300 g/mol. The van der Waals surface area contributed by atoms with Gasteiger partial charge in [0, 0.05) is 30.9 Å². The molecule has 0 saturated carbocycles. The molecule has 1 atom stereocenters. The van der Waals surface area contributed by atoms with Crippen LogP contribution in [-0.4, -0.2) is 26.2 Å². The van der Waals surface area contributed by atoms with Crippen molar-refractivity contribution < 1.29 is 4.74 Å². The van der Waals surface area contributed by atoms with Gasteiger partial charge in [-0.15, -0.1) is 0 Å². The van der Waals surface area contributed by atoms with Crippen LogP contribution in [0.5, 0.6) is 0 Å². The number of benzene rings is 2. The standard InChI is InChI=1S/C19H18N4O/c1-14(24-2)15-6-7-19-18(10-15)21-13-23(19)17-5-3-4-16(11-17)22-9-8-20-12-22/h3-14H,1-2H3. The summed E-state index contributed by atoms with van der Waals surface area (Å²) < 4.78 is 9.47. The third-order valence-corrected chi connectivity index (χ3v) is 4.30. The fourth-order valence-corrected chi connectivity index (χ4v) is 2.84. The lowest BCUT2D eigenvalue weighted by atomic mass is 10.1. The van der Waals surface area contributed by atoms with Crippen LogP contribution in [0.25, 0.3) is 22.4 Å². The lowest BCUT2D eigenvalue weighted by molar-refractivity contribution is 0.119. The van der Waals surface area contributed by atoms with Crippen LogP contribution in [0, 0.1) is 0 Å². The van der Waals surface area contributed by atoms with Crippen LogP contribution in [-0.2, 0) is 4.74 Å². The molecule has 0 aliphatic heterocycles. The molecule has 120 valence electrons. The van der Waals surface area contributed by atoms with Crippen LogP contribution in [0.1, 0.15) is 18.6 Å². The zero-order chi connectivity index (χ0) is 16.5. The summed E-state index contributed by atoms with van der Waals surface area (Å²) in [6, 6.07) is 14.6. The first-order valence-electron chi connectivity index (χ1n) is 7.85. The lowest BCUT2D eigenvalue weighted by Crippen LogP contribution is -1.97. The van der Waals surface area contributed by atoms with Crippen LogP contribution in [0.3, 0.4) is 0 Å². The Morgan fingerprint density at radius 3 is 2.71 bits per heavy atom. The second kappa shape index (κ2) is 5.94. The van der Waals surface area contributed by atoms with Crippen LogP contribution < -0.4 is 0 Å². The number of hydrogen-bond acceptors (Lipinski definition) is 3. The van der Waals surface area contributed by atoms with E-state index in [0.717, 1.165) is 28.0 Å². The summed E-state index contributed by atoms with van der Waals surface area (Å²) >= 11 is 0. The first-order chi connectivity index (χ1) is 11.8. The lowest BCUT2D eigenvalue weighted by Gasteiger charge is -2.10. The van der Waals surface area contributed by atoms with Gasteiger partial charge in [-0.25, -0.2) is 9.97 Å². The number of methoxy groups -OCH3 is 1. The molecule has 0 aliphatic carbocycles. The largest absolute Gasteiger partial charge is 0.377 e. The van der Waals surface area contributed by atoms with Crippen molar-refractivity contribution >= 4 is 11.0 Å². The third-order valence-electron chi connectivity index (χ3n) is 4.30. The second-order valence-electron chi connectivity index (χ2n) is 5.73. The molecule has 0 aliphatic rings.